The van der Waals surface area contributed by atoms with Gasteiger partial charge in [0.25, 0.3) is 0 Å². The number of hydrogen-bond donors (Lipinski definition) is 1. The van der Waals surface area contributed by atoms with Crippen LogP contribution in [0, 0.1) is 0 Å². The maximum absolute atomic E-state index is 11.0. The Morgan fingerprint density at radius 1 is 1.30 bits per heavy atom. The predicted octanol–water partition coefficient (Wildman–Crippen LogP) is 3.80. The number of nitrogens with zero attached hydrogens (tertiary/aromatic N) is 1. The van der Waals surface area contributed by atoms with Crippen LogP contribution in [0.3, 0.4) is 0 Å². The third-order valence-corrected chi connectivity index (χ3v) is 4.53. The van der Waals surface area contributed by atoms with Crippen molar-refractivity contribution in [1.29, 1.82) is 0 Å². The zero-order chi connectivity index (χ0) is 14.1. The fourth-order valence-electron chi connectivity index (χ4n) is 1.87. The van der Waals surface area contributed by atoms with Gasteiger partial charge in [-0.25, -0.2) is 4.98 Å². The van der Waals surface area contributed by atoms with Crippen LogP contribution in [0.25, 0.3) is 21.3 Å². The average molecular weight is 302 g/mol. The molecule has 0 atom stereocenters. The van der Waals surface area contributed by atoms with Crippen molar-refractivity contribution in [1.82, 2.24) is 4.98 Å². The molecule has 0 aliphatic heterocycles. The second-order valence-electron chi connectivity index (χ2n) is 4.24. The van der Waals surface area contributed by atoms with E-state index in [0.29, 0.717) is 10.0 Å². The fraction of sp³-hybridized carbons (Fsp3) is 0.0714. The monoisotopic (exact) mass is 302 g/mol. The molecule has 0 unspecified atom stereocenters. The molecule has 1 aromatic carbocycles. The highest BCUT2D eigenvalue weighted by Crippen LogP contribution is 2.32. The Morgan fingerprint density at radius 3 is 2.85 bits per heavy atom. The second kappa shape index (κ2) is 5.15. The van der Waals surface area contributed by atoms with Gasteiger partial charge in [-0.15, -0.1) is 11.3 Å². The number of fused-ring (bicyclic) bond motifs is 1. The lowest BCUT2D eigenvalue weighted by molar-refractivity contribution is -0.114. The number of thiazole rings is 1. The number of aromatic nitrogens is 1. The number of benzene rings is 1. The van der Waals surface area contributed by atoms with Gasteiger partial charge >= 0.3 is 0 Å². The number of rotatable bonds is 3. The molecule has 0 bridgehead atoms. The Labute approximate surface area is 123 Å². The molecule has 20 heavy (non-hydrogen) atoms. The van der Waals surface area contributed by atoms with Gasteiger partial charge in [-0.2, -0.15) is 0 Å². The number of carbonyl (C=O) groups is 2. The number of carbonyl (C=O) groups excluding carboxylic acids is 2. The molecule has 0 aliphatic rings. The molecule has 100 valence electrons. The van der Waals surface area contributed by atoms with Gasteiger partial charge < -0.3 is 5.32 Å². The minimum atomic E-state index is -0.127. The smallest absolute Gasteiger partial charge is 0.223 e. The Hall–Kier alpha value is -2.05. The van der Waals surface area contributed by atoms with E-state index in [-0.39, 0.29) is 5.91 Å². The van der Waals surface area contributed by atoms with Gasteiger partial charge in [-0.1, -0.05) is 17.4 Å². The van der Waals surface area contributed by atoms with Crippen molar-refractivity contribution in [3.63, 3.8) is 0 Å². The van der Waals surface area contributed by atoms with Gasteiger partial charge in [0.15, 0.2) is 11.4 Å². The number of hydrogen-bond acceptors (Lipinski definition) is 5. The summed E-state index contributed by atoms with van der Waals surface area (Å²) in [5.74, 6) is -0.127. The van der Waals surface area contributed by atoms with Gasteiger partial charge in [-0.3, -0.25) is 9.59 Å². The van der Waals surface area contributed by atoms with Crippen LogP contribution in [-0.4, -0.2) is 17.2 Å². The quantitative estimate of drug-likeness (QED) is 0.749. The molecular weight excluding hydrogens is 292 g/mol. The van der Waals surface area contributed by atoms with E-state index in [1.54, 1.807) is 0 Å². The molecule has 0 radical (unpaired) electrons. The molecule has 1 N–H and O–H groups in total. The lowest BCUT2D eigenvalue weighted by Gasteiger charge is -1.96. The van der Waals surface area contributed by atoms with Crippen molar-refractivity contribution >= 4 is 50.2 Å². The SMILES string of the molecule is CC(=O)Nc1nc2ccc(-c3csc(C=O)c3)cc2s1. The number of aldehydes is 1. The largest absolute Gasteiger partial charge is 0.302 e. The van der Waals surface area contributed by atoms with E-state index in [4.69, 9.17) is 0 Å². The zero-order valence-electron chi connectivity index (χ0n) is 10.5. The minimum absolute atomic E-state index is 0.127. The number of amides is 1. The number of nitrogens with one attached hydrogen (secondary N) is 1. The third kappa shape index (κ3) is 2.48. The maximum Gasteiger partial charge on any atom is 0.223 e. The minimum Gasteiger partial charge on any atom is -0.302 e. The molecule has 0 fully saturated rings. The van der Waals surface area contributed by atoms with Crippen molar-refractivity contribution < 1.29 is 9.59 Å². The number of anilines is 1. The fourth-order valence-corrected chi connectivity index (χ4v) is 3.54. The maximum atomic E-state index is 11.0. The standard InChI is InChI=1S/C14H10N2O2S2/c1-8(18)15-14-16-12-3-2-9(5-13(12)20-14)10-4-11(6-17)19-7-10/h2-7H,1H3,(H,15,16,18). The highest BCUT2D eigenvalue weighted by molar-refractivity contribution is 7.22. The van der Waals surface area contributed by atoms with Crippen molar-refractivity contribution in [2.75, 3.05) is 5.32 Å². The molecule has 0 spiro atoms. The normalized spacial score (nSPS) is 10.7. The predicted molar refractivity (Wildman–Crippen MR) is 82.6 cm³/mol. The summed E-state index contributed by atoms with van der Waals surface area (Å²) < 4.78 is 1.00. The molecule has 3 rings (SSSR count). The van der Waals surface area contributed by atoms with Crippen molar-refractivity contribution in [3.8, 4) is 11.1 Å². The molecule has 2 heterocycles. The summed E-state index contributed by atoms with van der Waals surface area (Å²) in [5.41, 5.74) is 2.92. The van der Waals surface area contributed by atoms with Crippen LogP contribution in [0.5, 0.6) is 0 Å². The van der Waals surface area contributed by atoms with Crippen LogP contribution in [0.15, 0.2) is 29.6 Å². The first-order chi connectivity index (χ1) is 9.65. The summed E-state index contributed by atoms with van der Waals surface area (Å²) in [7, 11) is 0. The zero-order valence-corrected chi connectivity index (χ0v) is 12.2. The summed E-state index contributed by atoms with van der Waals surface area (Å²) in [6.07, 6.45) is 0.855. The molecule has 4 nitrogen and oxygen atoms in total. The van der Waals surface area contributed by atoms with Gasteiger partial charge in [0.2, 0.25) is 5.91 Å². The highest BCUT2D eigenvalue weighted by Gasteiger charge is 2.08. The molecular formula is C14H10N2O2S2. The van der Waals surface area contributed by atoms with E-state index >= 15 is 0 Å². The summed E-state index contributed by atoms with van der Waals surface area (Å²) >= 11 is 2.86. The van der Waals surface area contributed by atoms with E-state index < -0.39 is 0 Å². The molecule has 6 heteroatoms. The third-order valence-electron chi connectivity index (χ3n) is 2.74. The van der Waals surface area contributed by atoms with Gasteiger partial charge in [0.1, 0.15) is 0 Å². The van der Waals surface area contributed by atoms with E-state index in [1.165, 1.54) is 29.6 Å². The second-order valence-corrected chi connectivity index (χ2v) is 6.21. The molecule has 0 aliphatic carbocycles. The van der Waals surface area contributed by atoms with Crippen molar-refractivity contribution in [2.45, 2.75) is 6.92 Å². The first-order valence-corrected chi connectivity index (χ1v) is 7.57. The molecule has 0 saturated heterocycles. The van der Waals surface area contributed by atoms with Crippen LogP contribution < -0.4 is 5.32 Å². The van der Waals surface area contributed by atoms with Crippen molar-refractivity contribution in [3.05, 3.63) is 34.5 Å². The lowest BCUT2D eigenvalue weighted by Crippen LogP contribution is -2.04. The highest BCUT2D eigenvalue weighted by atomic mass is 32.1. The average Bonchev–Trinajstić information content (AvgIpc) is 3.02. The Kier molecular flexibility index (Phi) is 3.33. The summed E-state index contributed by atoms with van der Waals surface area (Å²) in [5, 5.41) is 5.25. The Balaban J connectivity index is 2.01. The Bertz CT molecular complexity index is 804. The van der Waals surface area contributed by atoms with Gasteiger partial charge in [-0.05, 0) is 34.7 Å². The van der Waals surface area contributed by atoms with Crippen LogP contribution >= 0.6 is 22.7 Å². The van der Waals surface area contributed by atoms with Gasteiger partial charge in [0.05, 0.1) is 15.1 Å². The van der Waals surface area contributed by atoms with E-state index in [1.807, 2.05) is 29.6 Å². The molecule has 2 aromatic heterocycles. The van der Waals surface area contributed by atoms with E-state index in [9.17, 15) is 9.59 Å². The molecule has 1 amide bonds. The van der Waals surface area contributed by atoms with Crippen molar-refractivity contribution in [2.24, 2.45) is 0 Å². The van der Waals surface area contributed by atoms with Crippen LogP contribution in [0.1, 0.15) is 16.6 Å². The molecule has 3 aromatic rings. The number of thiophene rings is 1. The summed E-state index contributed by atoms with van der Waals surface area (Å²) in [4.78, 5) is 26.8. The van der Waals surface area contributed by atoms with E-state index in [2.05, 4.69) is 10.3 Å². The molecule has 0 saturated carbocycles. The first kappa shape index (κ1) is 13.0. The van der Waals surface area contributed by atoms with Crippen LogP contribution in [0.4, 0.5) is 5.13 Å². The topological polar surface area (TPSA) is 59.1 Å². The Morgan fingerprint density at radius 2 is 2.15 bits per heavy atom. The lowest BCUT2D eigenvalue weighted by atomic mass is 10.1. The van der Waals surface area contributed by atoms with Crippen LogP contribution in [-0.2, 0) is 4.79 Å². The van der Waals surface area contributed by atoms with Gasteiger partial charge in [0, 0.05) is 6.92 Å². The van der Waals surface area contributed by atoms with E-state index in [0.717, 1.165) is 27.6 Å². The summed E-state index contributed by atoms with van der Waals surface area (Å²) in [6.45, 7) is 1.46. The summed E-state index contributed by atoms with van der Waals surface area (Å²) in [6, 6.07) is 7.78. The van der Waals surface area contributed by atoms with Crippen LogP contribution in [0.2, 0.25) is 0 Å². The first-order valence-electron chi connectivity index (χ1n) is 5.88.